The van der Waals surface area contributed by atoms with E-state index in [4.69, 9.17) is 4.42 Å². The van der Waals surface area contributed by atoms with Crippen molar-refractivity contribution < 1.29 is 22.4 Å². The predicted molar refractivity (Wildman–Crippen MR) is 61.2 cm³/mol. The highest BCUT2D eigenvalue weighted by Gasteiger charge is 2.36. The summed E-state index contributed by atoms with van der Waals surface area (Å²) in [5.41, 5.74) is 0. The predicted octanol–water partition coefficient (Wildman–Crippen LogP) is 1.92. The van der Waals surface area contributed by atoms with Crippen LogP contribution in [0.2, 0.25) is 0 Å². The Bertz CT molecular complexity index is 411. The van der Waals surface area contributed by atoms with E-state index >= 15 is 0 Å². The highest BCUT2D eigenvalue weighted by molar-refractivity contribution is 5.82. The van der Waals surface area contributed by atoms with Gasteiger partial charge in [-0.25, -0.2) is 0 Å². The van der Waals surface area contributed by atoms with Crippen molar-refractivity contribution in [3.63, 3.8) is 0 Å². The molecular weight excluding hydrogens is 261 g/mol. The minimum absolute atomic E-state index is 0.163. The molecule has 1 aliphatic heterocycles. The van der Waals surface area contributed by atoms with E-state index < -0.39 is 24.7 Å². The molecule has 1 aromatic heterocycles. The first-order valence-electron chi connectivity index (χ1n) is 6.07. The molecule has 4 nitrogen and oxygen atoms in total. The highest BCUT2D eigenvalue weighted by atomic mass is 19.4. The topological polar surface area (TPSA) is 45.5 Å². The van der Waals surface area contributed by atoms with Gasteiger partial charge in [0.2, 0.25) is 5.91 Å². The van der Waals surface area contributed by atoms with Gasteiger partial charge in [-0.2, -0.15) is 13.2 Å². The lowest BCUT2D eigenvalue weighted by molar-refractivity contribution is -0.163. The quantitative estimate of drug-likeness (QED) is 0.914. The third-order valence-corrected chi connectivity index (χ3v) is 2.97. The average molecular weight is 276 g/mol. The molecule has 1 atom stereocenters. The van der Waals surface area contributed by atoms with Crippen LogP contribution >= 0.6 is 0 Å². The zero-order valence-electron chi connectivity index (χ0n) is 10.2. The van der Waals surface area contributed by atoms with E-state index in [2.05, 4.69) is 5.32 Å². The molecule has 1 aliphatic rings. The van der Waals surface area contributed by atoms with Crippen LogP contribution < -0.4 is 5.32 Å². The fourth-order valence-corrected chi connectivity index (χ4v) is 2.13. The van der Waals surface area contributed by atoms with Crippen LogP contribution in [0.5, 0.6) is 0 Å². The molecule has 106 valence electrons. The molecule has 0 spiro atoms. The summed E-state index contributed by atoms with van der Waals surface area (Å²) in [6.07, 6.45) is -1.66. The minimum Gasteiger partial charge on any atom is -0.467 e. The van der Waals surface area contributed by atoms with E-state index in [0.29, 0.717) is 18.7 Å². The van der Waals surface area contributed by atoms with Gasteiger partial charge in [-0.15, -0.1) is 0 Å². The Morgan fingerprint density at radius 2 is 2.32 bits per heavy atom. The van der Waals surface area contributed by atoms with Crippen LogP contribution in [0.4, 0.5) is 13.2 Å². The zero-order valence-corrected chi connectivity index (χ0v) is 10.2. The van der Waals surface area contributed by atoms with Crippen molar-refractivity contribution in [1.29, 1.82) is 0 Å². The van der Waals surface area contributed by atoms with Gasteiger partial charge < -0.3 is 14.6 Å². The van der Waals surface area contributed by atoms with Crippen molar-refractivity contribution in [3.05, 3.63) is 24.2 Å². The monoisotopic (exact) mass is 276 g/mol. The fourth-order valence-electron chi connectivity index (χ4n) is 2.13. The van der Waals surface area contributed by atoms with Gasteiger partial charge in [-0.3, -0.25) is 4.79 Å². The lowest BCUT2D eigenvalue weighted by atomic mass is 10.2. The van der Waals surface area contributed by atoms with Crippen molar-refractivity contribution in [3.8, 4) is 0 Å². The maximum Gasteiger partial charge on any atom is 0.406 e. The van der Waals surface area contributed by atoms with Gasteiger partial charge in [0, 0.05) is 0 Å². The number of nitrogens with one attached hydrogen (secondary N) is 1. The number of rotatable bonds is 4. The van der Waals surface area contributed by atoms with Crippen LogP contribution in [-0.2, 0) is 11.3 Å². The smallest absolute Gasteiger partial charge is 0.406 e. The Morgan fingerprint density at radius 1 is 1.53 bits per heavy atom. The van der Waals surface area contributed by atoms with Gasteiger partial charge in [0.1, 0.15) is 12.3 Å². The molecule has 0 aromatic carbocycles. The molecule has 0 unspecified atom stereocenters. The number of hydrogen-bond donors (Lipinski definition) is 1. The molecule has 1 saturated heterocycles. The number of carbonyl (C=O) groups is 1. The van der Waals surface area contributed by atoms with Gasteiger partial charge in [0.15, 0.2) is 0 Å². The van der Waals surface area contributed by atoms with E-state index in [1.807, 2.05) is 0 Å². The first-order chi connectivity index (χ1) is 8.96. The first-order valence-corrected chi connectivity index (χ1v) is 6.07. The van der Waals surface area contributed by atoms with Crippen LogP contribution in [0.25, 0.3) is 0 Å². The van der Waals surface area contributed by atoms with E-state index in [-0.39, 0.29) is 6.54 Å². The number of alkyl halides is 3. The Balaban J connectivity index is 2.06. The molecule has 0 aliphatic carbocycles. The maximum atomic E-state index is 12.5. The Hall–Kier alpha value is -1.50. The number of hydrogen-bond acceptors (Lipinski definition) is 3. The summed E-state index contributed by atoms with van der Waals surface area (Å²) in [5, 5.41) is 2.91. The van der Waals surface area contributed by atoms with Gasteiger partial charge in [0.05, 0.1) is 18.8 Å². The first kappa shape index (κ1) is 13.9. The van der Waals surface area contributed by atoms with Gasteiger partial charge >= 0.3 is 6.18 Å². The standard InChI is InChI=1S/C12H15F3N2O2/c13-12(14,15)8-17(7-9-3-2-6-19-9)11(18)10-4-1-5-16-10/h2-3,6,10,16H,1,4-5,7-8H2/t10-/m1/s1. The van der Waals surface area contributed by atoms with Crippen molar-refractivity contribution in [2.24, 2.45) is 0 Å². The SMILES string of the molecule is O=C([C@H]1CCCN1)N(Cc1ccco1)CC(F)(F)F. The van der Waals surface area contributed by atoms with Crippen molar-refractivity contribution >= 4 is 5.91 Å². The normalized spacial score (nSPS) is 19.6. The third kappa shape index (κ3) is 3.99. The molecule has 1 N–H and O–H groups in total. The minimum atomic E-state index is -4.42. The van der Waals surface area contributed by atoms with E-state index in [0.717, 1.165) is 11.3 Å². The van der Waals surface area contributed by atoms with Crippen LogP contribution in [0.15, 0.2) is 22.8 Å². The second kappa shape index (κ2) is 5.64. The summed E-state index contributed by atoms with van der Waals surface area (Å²) >= 11 is 0. The van der Waals surface area contributed by atoms with E-state index in [9.17, 15) is 18.0 Å². The lowest BCUT2D eigenvalue weighted by Crippen LogP contribution is -2.46. The van der Waals surface area contributed by atoms with Gasteiger partial charge in [-0.05, 0) is 31.5 Å². The van der Waals surface area contributed by atoms with Crippen molar-refractivity contribution in [1.82, 2.24) is 10.2 Å². The van der Waals surface area contributed by atoms with E-state index in [1.165, 1.54) is 6.26 Å². The Morgan fingerprint density at radius 3 is 2.84 bits per heavy atom. The number of nitrogens with zero attached hydrogens (tertiary/aromatic N) is 1. The maximum absolute atomic E-state index is 12.5. The lowest BCUT2D eigenvalue weighted by Gasteiger charge is -2.25. The molecule has 2 rings (SSSR count). The average Bonchev–Trinajstić information content (AvgIpc) is 2.98. The number of amides is 1. The summed E-state index contributed by atoms with van der Waals surface area (Å²) in [4.78, 5) is 12.9. The molecule has 1 fully saturated rings. The summed E-state index contributed by atoms with van der Waals surface area (Å²) in [5.74, 6) is -0.179. The molecule has 1 aromatic rings. The summed E-state index contributed by atoms with van der Waals surface area (Å²) in [6, 6.07) is 2.62. The molecule has 7 heteroatoms. The largest absolute Gasteiger partial charge is 0.467 e. The summed E-state index contributed by atoms with van der Waals surface area (Å²) in [6.45, 7) is -0.759. The number of furan rings is 1. The van der Waals surface area contributed by atoms with Crippen LogP contribution in [-0.4, -0.2) is 36.1 Å². The molecular formula is C12H15F3N2O2. The van der Waals surface area contributed by atoms with Crippen LogP contribution in [0.1, 0.15) is 18.6 Å². The molecule has 1 amide bonds. The molecule has 2 heterocycles. The van der Waals surface area contributed by atoms with Gasteiger partial charge in [0.25, 0.3) is 0 Å². The van der Waals surface area contributed by atoms with Gasteiger partial charge in [-0.1, -0.05) is 0 Å². The number of halogens is 3. The van der Waals surface area contributed by atoms with E-state index in [1.54, 1.807) is 12.1 Å². The fraction of sp³-hybridized carbons (Fsp3) is 0.583. The van der Waals surface area contributed by atoms with Crippen molar-refractivity contribution in [2.75, 3.05) is 13.1 Å². The second-order valence-corrected chi connectivity index (χ2v) is 4.54. The Kier molecular flexibility index (Phi) is 4.14. The molecule has 19 heavy (non-hydrogen) atoms. The number of carbonyl (C=O) groups excluding carboxylic acids is 1. The second-order valence-electron chi connectivity index (χ2n) is 4.54. The summed E-state index contributed by atoms with van der Waals surface area (Å²) in [7, 11) is 0. The van der Waals surface area contributed by atoms with Crippen LogP contribution in [0.3, 0.4) is 0 Å². The third-order valence-electron chi connectivity index (χ3n) is 2.97. The molecule has 0 radical (unpaired) electrons. The molecule has 0 bridgehead atoms. The van der Waals surface area contributed by atoms with Crippen molar-refractivity contribution in [2.45, 2.75) is 31.6 Å². The highest BCUT2D eigenvalue weighted by Crippen LogP contribution is 2.20. The van der Waals surface area contributed by atoms with Crippen LogP contribution in [0, 0.1) is 0 Å². The Labute approximate surface area is 108 Å². The zero-order chi connectivity index (χ0) is 13.9. The molecule has 0 saturated carbocycles. The summed E-state index contributed by atoms with van der Waals surface area (Å²) < 4.78 is 42.6.